The summed E-state index contributed by atoms with van der Waals surface area (Å²) in [7, 11) is -4.79. The Bertz CT molecular complexity index is 272. The molecule has 0 spiro atoms. The van der Waals surface area contributed by atoms with Gasteiger partial charge in [-0.2, -0.15) is 0 Å². The summed E-state index contributed by atoms with van der Waals surface area (Å²) < 4.78 is 28.0. The van der Waals surface area contributed by atoms with Crippen LogP contribution >= 0.6 is 0 Å². The van der Waals surface area contributed by atoms with Gasteiger partial charge in [-0.05, 0) is 0 Å². The van der Waals surface area contributed by atoms with Crippen molar-refractivity contribution in [3.63, 3.8) is 0 Å². The van der Waals surface area contributed by atoms with Crippen LogP contribution in [0.5, 0.6) is 0 Å². The Morgan fingerprint density at radius 2 is 1.31 bits per heavy atom. The molecule has 0 aromatic carbocycles. The third-order valence-electron chi connectivity index (χ3n) is 0.591. The second-order valence-corrected chi connectivity index (χ2v) is 2.59. The monoisotopic (exact) mass is 214 g/mol. The molecule has 0 saturated carbocycles. The van der Waals surface area contributed by atoms with E-state index in [1.165, 1.54) is 10.9 Å². The van der Waals surface area contributed by atoms with Gasteiger partial charge < -0.3 is 0 Å². The second kappa shape index (κ2) is 4.44. The molecule has 0 saturated heterocycles. The minimum Gasteiger partial charge on any atom is -0.296 e. The number of hydrogen-bond acceptors (Lipinski definition) is 8. The summed E-state index contributed by atoms with van der Waals surface area (Å²) in [5.41, 5.74) is 2.66. The topological polar surface area (TPSA) is 163 Å². The first-order valence-corrected chi connectivity index (χ1v) is 3.89. The van der Waals surface area contributed by atoms with E-state index in [-0.39, 0.29) is 0 Å². The van der Waals surface area contributed by atoms with Crippen molar-refractivity contribution in [1.29, 1.82) is 0 Å². The summed E-state index contributed by atoms with van der Waals surface area (Å²) >= 11 is 0. The van der Waals surface area contributed by atoms with Crippen molar-refractivity contribution >= 4 is 22.6 Å². The van der Waals surface area contributed by atoms with E-state index in [1.807, 2.05) is 0 Å². The highest BCUT2D eigenvalue weighted by Crippen LogP contribution is 1.95. The molecule has 6 N–H and O–H groups in total. The number of hydrogen-bond donors (Lipinski definition) is 4. The lowest BCUT2D eigenvalue weighted by molar-refractivity contribution is 0.179. The minimum atomic E-state index is -4.79. The first kappa shape index (κ1) is 11.4. The maximum Gasteiger partial charge on any atom is 0.508 e. The van der Waals surface area contributed by atoms with Gasteiger partial charge in [0.1, 0.15) is 0 Å². The van der Waals surface area contributed by atoms with Crippen molar-refractivity contribution in [2.45, 2.75) is 0 Å². The van der Waals surface area contributed by atoms with Gasteiger partial charge in [-0.1, -0.05) is 0 Å². The maximum absolute atomic E-state index is 10.5. The van der Waals surface area contributed by atoms with E-state index in [0.29, 0.717) is 0 Å². The summed E-state index contributed by atoms with van der Waals surface area (Å²) in [6.45, 7) is 0. The number of nitrogens with two attached hydrogens (primary N) is 2. The summed E-state index contributed by atoms with van der Waals surface area (Å²) in [5.74, 6) is 8.95. The molecule has 13 heavy (non-hydrogen) atoms. The van der Waals surface area contributed by atoms with Crippen LogP contribution in [0, 0.1) is 0 Å². The van der Waals surface area contributed by atoms with Gasteiger partial charge in [0.05, 0.1) is 0 Å². The Kier molecular flexibility index (Phi) is 3.90. The van der Waals surface area contributed by atoms with Crippen LogP contribution in [0.2, 0.25) is 0 Å². The third kappa shape index (κ3) is 4.78. The molecule has 2 amide bonds. The van der Waals surface area contributed by atoms with Crippen LogP contribution in [-0.2, 0) is 18.8 Å². The zero-order valence-corrected chi connectivity index (χ0v) is 6.83. The van der Waals surface area contributed by atoms with E-state index >= 15 is 0 Å². The highest BCUT2D eigenvalue weighted by Gasteiger charge is 2.21. The lowest BCUT2D eigenvalue weighted by atomic mass is 11.3. The number of hydrazine groups is 2. The van der Waals surface area contributed by atoms with E-state index in [4.69, 9.17) is 0 Å². The van der Waals surface area contributed by atoms with Gasteiger partial charge in [0, 0.05) is 0 Å². The highest BCUT2D eigenvalue weighted by molar-refractivity contribution is 7.82. The normalized spacial score (nSPS) is 10.0. The lowest BCUT2D eigenvalue weighted by Crippen LogP contribution is -2.36. The molecule has 0 radical (unpaired) electrons. The van der Waals surface area contributed by atoms with Gasteiger partial charge in [-0.15, -0.1) is 8.42 Å². The Hall–Kier alpha value is -1.59. The zero-order chi connectivity index (χ0) is 10.5. The molecule has 76 valence electrons. The zero-order valence-electron chi connectivity index (χ0n) is 6.01. The van der Waals surface area contributed by atoms with E-state index in [1.54, 1.807) is 0 Å². The van der Waals surface area contributed by atoms with Crippen molar-refractivity contribution < 1.29 is 26.4 Å². The second-order valence-electron chi connectivity index (χ2n) is 1.44. The minimum absolute atomic E-state index is 1.33. The van der Waals surface area contributed by atoms with Crippen LogP contribution in [-0.4, -0.2) is 20.6 Å². The van der Waals surface area contributed by atoms with Gasteiger partial charge >= 0.3 is 22.6 Å². The van der Waals surface area contributed by atoms with Crippen molar-refractivity contribution in [3.05, 3.63) is 0 Å². The molecule has 0 aliphatic carbocycles. The van der Waals surface area contributed by atoms with E-state index in [0.717, 1.165) is 0 Å². The number of rotatable bonds is 2. The van der Waals surface area contributed by atoms with Gasteiger partial charge in [-0.3, -0.25) is 19.2 Å². The van der Waals surface area contributed by atoms with Crippen LogP contribution in [0.15, 0.2) is 0 Å². The lowest BCUT2D eigenvalue weighted by Gasteiger charge is -2.03. The quantitative estimate of drug-likeness (QED) is 0.221. The smallest absolute Gasteiger partial charge is 0.296 e. The van der Waals surface area contributed by atoms with Gasteiger partial charge in [-0.25, -0.2) is 21.3 Å². The predicted molar refractivity (Wildman–Crippen MR) is 36.5 cm³/mol. The molecule has 10 nitrogen and oxygen atoms in total. The van der Waals surface area contributed by atoms with E-state index < -0.39 is 22.6 Å². The molecule has 0 aliphatic rings. The summed E-state index contributed by atoms with van der Waals surface area (Å²) in [6.07, 6.45) is -3.02. The molecule has 0 fully saturated rings. The average Bonchev–Trinajstić information content (AvgIpc) is 2.02. The Morgan fingerprint density at radius 1 is 1.00 bits per heavy atom. The summed E-state index contributed by atoms with van der Waals surface area (Å²) in [5, 5.41) is 0. The van der Waals surface area contributed by atoms with Crippen molar-refractivity contribution in [2.75, 3.05) is 0 Å². The molecule has 0 unspecified atom stereocenters. The molecule has 0 heterocycles. The van der Waals surface area contributed by atoms with Crippen LogP contribution < -0.4 is 22.5 Å². The summed E-state index contributed by atoms with van der Waals surface area (Å²) in [6, 6.07) is 0. The van der Waals surface area contributed by atoms with Crippen molar-refractivity contribution in [3.8, 4) is 0 Å². The third-order valence-corrected chi connectivity index (χ3v) is 1.30. The molecule has 0 aromatic heterocycles. The standard InChI is InChI=1S/C2H6N4O6S/c3-5-1(7)11-13(9,10)12-2(8)6-4/h3-4H2,(H,5,7)(H,6,8). The Balaban J connectivity index is 4.26. The van der Waals surface area contributed by atoms with E-state index in [2.05, 4.69) is 20.1 Å². The molecular weight excluding hydrogens is 208 g/mol. The number of carbonyl (C=O) groups excluding carboxylic acids is 2. The molecule has 0 atom stereocenters. The fraction of sp³-hybridized carbons (Fsp3) is 0. The molecular formula is C2H6N4O6S. The first-order valence-electron chi connectivity index (χ1n) is 2.56. The van der Waals surface area contributed by atoms with Crippen molar-refractivity contribution in [1.82, 2.24) is 10.9 Å². The molecule has 11 heteroatoms. The number of nitrogens with one attached hydrogen (secondary N) is 2. The van der Waals surface area contributed by atoms with Gasteiger partial charge in [0.2, 0.25) is 0 Å². The van der Waals surface area contributed by atoms with Crippen molar-refractivity contribution in [2.24, 2.45) is 11.7 Å². The Morgan fingerprint density at radius 3 is 1.54 bits per heavy atom. The van der Waals surface area contributed by atoms with Gasteiger partial charge in [0.15, 0.2) is 0 Å². The summed E-state index contributed by atoms with van der Waals surface area (Å²) in [4.78, 5) is 20.4. The number of amides is 2. The van der Waals surface area contributed by atoms with Crippen LogP contribution in [0.25, 0.3) is 0 Å². The van der Waals surface area contributed by atoms with Crippen LogP contribution in [0.1, 0.15) is 0 Å². The Labute approximate surface area is 72.4 Å². The number of carbonyl (C=O) groups is 2. The fourth-order valence-electron chi connectivity index (χ4n) is 0.251. The average molecular weight is 214 g/mol. The molecule has 0 bridgehead atoms. The molecule has 0 aromatic rings. The first-order chi connectivity index (χ1) is 5.91. The van der Waals surface area contributed by atoms with Crippen LogP contribution in [0.3, 0.4) is 0 Å². The van der Waals surface area contributed by atoms with Gasteiger partial charge in [0.25, 0.3) is 0 Å². The predicted octanol–water partition coefficient (Wildman–Crippen LogP) is -2.57. The van der Waals surface area contributed by atoms with E-state index in [9.17, 15) is 18.0 Å². The SMILES string of the molecule is NNC(=O)OS(=O)(=O)OC(=O)NN. The molecule has 0 aliphatic heterocycles. The maximum atomic E-state index is 10.5. The highest BCUT2D eigenvalue weighted by atomic mass is 32.3. The molecule has 0 rings (SSSR count). The van der Waals surface area contributed by atoms with Crippen LogP contribution in [0.4, 0.5) is 9.59 Å². The fourth-order valence-corrected chi connectivity index (χ4v) is 0.752. The largest absolute Gasteiger partial charge is 0.508 e.